The van der Waals surface area contributed by atoms with Crippen molar-refractivity contribution in [3.05, 3.63) is 29.8 Å². The summed E-state index contributed by atoms with van der Waals surface area (Å²) in [5.41, 5.74) is 3.59. The molecule has 0 unspecified atom stereocenters. The van der Waals surface area contributed by atoms with E-state index in [1.807, 2.05) is 24.1 Å². The number of piperazine rings is 1. The molecule has 104 valence electrons. The molecule has 1 aliphatic rings. The number of benzene rings is 1. The third-order valence-electron chi connectivity index (χ3n) is 3.28. The Morgan fingerprint density at radius 1 is 1.42 bits per heavy atom. The van der Waals surface area contributed by atoms with Crippen LogP contribution in [0, 0.1) is 0 Å². The lowest BCUT2D eigenvalue weighted by Crippen LogP contribution is -3.12. The Bertz CT molecular complexity index is 428. The molecule has 0 radical (unpaired) electrons. The first-order chi connectivity index (χ1) is 9.19. The monoisotopic (exact) mass is 264 g/mol. The third kappa shape index (κ3) is 3.94. The predicted octanol–water partition coefficient (Wildman–Crippen LogP) is -0.440. The zero-order chi connectivity index (χ0) is 13.7. The molecule has 1 aromatic carbocycles. The van der Waals surface area contributed by atoms with Gasteiger partial charge in [0.25, 0.3) is 5.91 Å². The number of rotatable bonds is 4. The number of hydrogen-bond donors (Lipinski definition) is 2. The second kappa shape index (κ2) is 6.54. The number of quaternary nitrogens is 1. The van der Waals surface area contributed by atoms with E-state index in [4.69, 9.17) is 4.74 Å². The van der Waals surface area contributed by atoms with Crippen LogP contribution in [0.2, 0.25) is 0 Å². The third-order valence-corrected chi connectivity index (χ3v) is 3.28. The van der Waals surface area contributed by atoms with Crippen molar-refractivity contribution in [2.45, 2.75) is 6.92 Å². The molecule has 0 saturated carbocycles. The summed E-state index contributed by atoms with van der Waals surface area (Å²) < 4.78 is 5.40. The summed E-state index contributed by atoms with van der Waals surface area (Å²) in [6.07, 6.45) is 0. The highest BCUT2D eigenvalue weighted by Crippen LogP contribution is 2.13. The molecule has 1 saturated heterocycles. The Morgan fingerprint density at radius 3 is 2.84 bits per heavy atom. The van der Waals surface area contributed by atoms with Crippen LogP contribution < -0.4 is 15.1 Å². The van der Waals surface area contributed by atoms with Gasteiger partial charge in [-0.3, -0.25) is 10.2 Å². The number of likely N-dealkylation sites (N-methyl/N-ethyl adjacent to an activating group) is 1. The maximum absolute atomic E-state index is 12.1. The fourth-order valence-electron chi connectivity index (χ4n) is 2.10. The lowest BCUT2D eigenvalue weighted by Gasteiger charge is -2.30. The first kappa shape index (κ1) is 13.8. The number of nitrogens with one attached hydrogen (secondary N) is 2. The number of nitrogens with zero attached hydrogens (tertiary/aromatic N) is 1. The molecule has 0 spiro atoms. The van der Waals surface area contributed by atoms with E-state index in [0.29, 0.717) is 12.2 Å². The minimum atomic E-state index is -0.0684. The molecule has 19 heavy (non-hydrogen) atoms. The number of hydrogen-bond acceptors (Lipinski definition) is 3. The molecule has 0 aromatic heterocycles. The molecular weight excluding hydrogens is 242 g/mol. The predicted molar refractivity (Wildman–Crippen MR) is 73.3 cm³/mol. The van der Waals surface area contributed by atoms with E-state index >= 15 is 0 Å². The van der Waals surface area contributed by atoms with Crippen LogP contribution in [0.25, 0.3) is 0 Å². The lowest BCUT2D eigenvalue weighted by molar-refractivity contribution is -0.884. The highest BCUT2D eigenvalue weighted by atomic mass is 16.5. The van der Waals surface area contributed by atoms with E-state index in [2.05, 4.69) is 12.5 Å². The van der Waals surface area contributed by atoms with Crippen molar-refractivity contribution in [2.24, 2.45) is 0 Å². The van der Waals surface area contributed by atoms with Crippen LogP contribution in [-0.4, -0.2) is 50.7 Å². The van der Waals surface area contributed by atoms with E-state index < -0.39 is 0 Å². The summed E-state index contributed by atoms with van der Waals surface area (Å²) in [6, 6.07) is 7.28. The van der Waals surface area contributed by atoms with Crippen LogP contribution in [0.15, 0.2) is 24.3 Å². The molecule has 0 atom stereocenters. The van der Waals surface area contributed by atoms with Gasteiger partial charge in [-0.05, 0) is 25.1 Å². The molecule has 1 fully saturated rings. The normalized spacial score (nSPS) is 17.2. The number of ether oxygens (including phenoxy) is 1. The minimum Gasteiger partial charge on any atom is -0.494 e. The second-order valence-corrected chi connectivity index (χ2v) is 4.85. The summed E-state index contributed by atoms with van der Waals surface area (Å²) in [7, 11) is 2.17. The topological polar surface area (TPSA) is 46.0 Å². The smallest absolute Gasteiger partial charge is 0.265 e. The van der Waals surface area contributed by atoms with Gasteiger partial charge in [-0.1, -0.05) is 6.07 Å². The van der Waals surface area contributed by atoms with Gasteiger partial charge in [-0.2, -0.15) is 0 Å². The van der Waals surface area contributed by atoms with Crippen LogP contribution >= 0.6 is 0 Å². The van der Waals surface area contributed by atoms with E-state index in [-0.39, 0.29) is 5.91 Å². The van der Waals surface area contributed by atoms with Gasteiger partial charge >= 0.3 is 0 Å². The lowest BCUT2D eigenvalue weighted by atomic mass is 10.2. The maximum atomic E-state index is 12.1. The molecule has 1 aliphatic heterocycles. The van der Waals surface area contributed by atoms with Gasteiger partial charge in [0, 0.05) is 5.56 Å². The van der Waals surface area contributed by atoms with Gasteiger partial charge in [0.05, 0.1) is 39.8 Å². The fourth-order valence-corrected chi connectivity index (χ4v) is 2.10. The largest absolute Gasteiger partial charge is 0.494 e. The summed E-state index contributed by atoms with van der Waals surface area (Å²) in [6.45, 7) is 6.43. The Labute approximate surface area is 114 Å². The molecule has 2 N–H and O–H groups in total. The summed E-state index contributed by atoms with van der Waals surface area (Å²) in [5, 5.41) is 1.99. The van der Waals surface area contributed by atoms with Crippen molar-refractivity contribution in [1.29, 1.82) is 0 Å². The second-order valence-electron chi connectivity index (χ2n) is 4.85. The van der Waals surface area contributed by atoms with Gasteiger partial charge in [0.2, 0.25) is 0 Å². The molecule has 5 nitrogen and oxygen atoms in total. The highest BCUT2D eigenvalue weighted by Gasteiger charge is 2.18. The van der Waals surface area contributed by atoms with Crippen molar-refractivity contribution in [1.82, 2.24) is 10.4 Å². The molecule has 0 aliphatic carbocycles. The van der Waals surface area contributed by atoms with Crippen LogP contribution in [0.5, 0.6) is 5.75 Å². The average Bonchev–Trinajstić information content (AvgIpc) is 2.42. The maximum Gasteiger partial charge on any atom is 0.265 e. The van der Waals surface area contributed by atoms with E-state index in [9.17, 15) is 4.79 Å². The molecule has 0 bridgehead atoms. The first-order valence-electron chi connectivity index (χ1n) is 6.79. The van der Waals surface area contributed by atoms with Crippen molar-refractivity contribution >= 4 is 5.91 Å². The molecule has 1 heterocycles. The number of carbonyl (C=O) groups is 1. The zero-order valence-electron chi connectivity index (χ0n) is 11.6. The number of hydrazine groups is 1. The standard InChI is InChI=1S/C14H21N3O2/c1-3-19-13-6-4-5-12(11-13)14(18)15-17-9-7-16(2)8-10-17/h4-6,11H,3,7-10H2,1-2H3,(H,15,18)/p+1. The van der Waals surface area contributed by atoms with Crippen LogP contribution in [0.3, 0.4) is 0 Å². The quantitative estimate of drug-likeness (QED) is 0.775. The Balaban J connectivity index is 1.94. The van der Waals surface area contributed by atoms with Crippen LogP contribution in [0.1, 0.15) is 17.3 Å². The summed E-state index contributed by atoms with van der Waals surface area (Å²) >= 11 is 0. The van der Waals surface area contributed by atoms with Crippen molar-refractivity contribution in [3.8, 4) is 5.75 Å². The van der Waals surface area contributed by atoms with Crippen molar-refractivity contribution < 1.29 is 14.4 Å². The van der Waals surface area contributed by atoms with E-state index in [0.717, 1.165) is 31.9 Å². The van der Waals surface area contributed by atoms with E-state index in [1.54, 1.807) is 12.1 Å². The molecule has 1 amide bonds. The van der Waals surface area contributed by atoms with Gasteiger partial charge < -0.3 is 9.64 Å². The van der Waals surface area contributed by atoms with Crippen LogP contribution in [-0.2, 0) is 0 Å². The first-order valence-corrected chi connectivity index (χ1v) is 6.79. The van der Waals surface area contributed by atoms with Crippen molar-refractivity contribution in [2.75, 3.05) is 39.8 Å². The highest BCUT2D eigenvalue weighted by molar-refractivity contribution is 5.94. The number of amides is 1. The van der Waals surface area contributed by atoms with E-state index in [1.165, 1.54) is 4.90 Å². The average molecular weight is 264 g/mol. The SMILES string of the molecule is CCOc1cccc(C(=O)NN2CC[NH+](C)CC2)c1. The number of carbonyl (C=O) groups excluding carboxylic acids is 1. The molecule has 1 aromatic rings. The van der Waals surface area contributed by atoms with Crippen LogP contribution in [0.4, 0.5) is 0 Å². The zero-order valence-corrected chi connectivity index (χ0v) is 11.6. The van der Waals surface area contributed by atoms with Crippen molar-refractivity contribution in [3.63, 3.8) is 0 Å². The van der Waals surface area contributed by atoms with Gasteiger partial charge in [0.1, 0.15) is 5.75 Å². The Hall–Kier alpha value is -1.59. The Morgan fingerprint density at radius 2 is 2.16 bits per heavy atom. The molecule has 5 heteroatoms. The summed E-state index contributed by atoms with van der Waals surface area (Å²) in [5.74, 6) is 0.666. The Kier molecular flexibility index (Phi) is 4.76. The van der Waals surface area contributed by atoms with Gasteiger partial charge in [-0.15, -0.1) is 0 Å². The van der Waals surface area contributed by atoms with Gasteiger partial charge in [-0.25, -0.2) is 5.01 Å². The van der Waals surface area contributed by atoms with Gasteiger partial charge in [0.15, 0.2) is 0 Å². The molecule has 2 rings (SSSR count). The fraction of sp³-hybridized carbons (Fsp3) is 0.500. The minimum absolute atomic E-state index is 0.0684. The summed E-state index contributed by atoms with van der Waals surface area (Å²) in [4.78, 5) is 13.6. The molecular formula is C14H22N3O2+.